The van der Waals surface area contributed by atoms with Gasteiger partial charge in [0, 0.05) is 30.8 Å². The van der Waals surface area contributed by atoms with Gasteiger partial charge in [0.2, 0.25) is 5.95 Å². The van der Waals surface area contributed by atoms with Crippen LogP contribution in [0.4, 0.5) is 11.6 Å². The van der Waals surface area contributed by atoms with Crippen LogP contribution >= 0.6 is 11.6 Å². The molecule has 11 nitrogen and oxygen atoms in total. The lowest BCUT2D eigenvalue weighted by Gasteiger charge is -2.12. The number of hydrogen-bond acceptors (Lipinski definition) is 9. The van der Waals surface area contributed by atoms with Crippen molar-refractivity contribution in [2.75, 3.05) is 11.9 Å². The molecule has 3 heterocycles. The van der Waals surface area contributed by atoms with Gasteiger partial charge in [-0.3, -0.25) is 9.48 Å². The maximum atomic E-state index is 12.4. The summed E-state index contributed by atoms with van der Waals surface area (Å²) in [6, 6.07) is 3.81. The van der Waals surface area contributed by atoms with Gasteiger partial charge in [0.1, 0.15) is 6.33 Å². The minimum atomic E-state index is -0.410. The van der Waals surface area contributed by atoms with E-state index in [4.69, 9.17) is 16.1 Å². The minimum Gasteiger partial charge on any atom is -0.347 e. The van der Waals surface area contributed by atoms with E-state index < -0.39 is 5.91 Å². The molecule has 182 valence electrons. The number of nitrogens with one attached hydrogen (secondary N) is 2. The molecule has 0 radical (unpaired) electrons. The molecule has 0 aliphatic rings. The molecule has 0 fully saturated rings. The molecule has 0 atom stereocenters. The number of hydrogen-bond donors (Lipinski definition) is 2. The van der Waals surface area contributed by atoms with Crippen molar-refractivity contribution in [3.05, 3.63) is 58.7 Å². The summed E-state index contributed by atoms with van der Waals surface area (Å²) in [4.78, 5) is 29.5. The molecule has 0 aliphatic heterocycles. The number of aryl methyl sites for hydroxylation is 1. The van der Waals surface area contributed by atoms with Gasteiger partial charge in [-0.05, 0) is 30.5 Å². The van der Waals surface area contributed by atoms with Crippen LogP contribution in [0.25, 0.3) is 11.4 Å². The van der Waals surface area contributed by atoms with Crippen molar-refractivity contribution in [3.63, 3.8) is 0 Å². The fourth-order valence-corrected chi connectivity index (χ4v) is 3.55. The van der Waals surface area contributed by atoms with Crippen LogP contribution in [-0.4, -0.2) is 47.3 Å². The lowest BCUT2D eigenvalue weighted by Crippen LogP contribution is -2.26. The molecule has 2 N–H and O–H groups in total. The molecule has 1 amide bonds. The fraction of sp³-hybridized carbons (Fsp3) is 0.348. The highest BCUT2D eigenvalue weighted by molar-refractivity contribution is 6.34. The number of rotatable bonds is 7. The summed E-state index contributed by atoms with van der Waals surface area (Å²) < 4.78 is 6.77. The van der Waals surface area contributed by atoms with E-state index in [1.807, 2.05) is 53.1 Å². The van der Waals surface area contributed by atoms with Crippen LogP contribution in [0.1, 0.15) is 48.4 Å². The molecular formula is C23H26ClN9O2. The molecule has 0 spiro atoms. The molecule has 12 heteroatoms. The molecule has 4 rings (SSSR count). The molecule has 0 unspecified atom stereocenters. The van der Waals surface area contributed by atoms with E-state index in [9.17, 15) is 4.79 Å². The van der Waals surface area contributed by atoms with E-state index in [1.54, 1.807) is 10.9 Å². The Morgan fingerprint density at radius 1 is 1.20 bits per heavy atom. The van der Waals surface area contributed by atoms with Gasteiger partial charge < -0.3 is 15.2 Å². The number of benzene rings is 1. The SMILES string of the molecule is Cc1c(CCNC(=O)c2nc(C(C)(C)C)no2)ccc(-c2ncnc(Nc3cnn(C)c3)n2)c1Cl. The third kappa shape index (κ3) is 5.62. The second-order valence-corrected chi connectivity index (χ2v) is 9.43. The van der Waals surface area contributed by atoms with Gasteiger partial charge in [0.05, 0.1) is 16.9 Å². The van der Waals surface area contributed by atoms with Crippen LogP contribution in [0.3, 0.4) is 0 Å². The first-order valence-corrected chi connectivity index (χ1v) is 11.3. The Kier molecular flexibility index (Phi) is 6.79. The Balaban J connectivity index is 1.42. The zero-order valence-corrected chi connectivity index (χ0v) is 20.9. The van der Waals surface area contributed by atoms with E-state index in [-0.39, 0.29) is 11.3 Å². The molecule has 0 aliphatic carbocycles. The quantitative estimate of drug-likeness (QED) is 0.393. The molecule has 0 saturated carbocycles. The van der Waals surface area contributed by atoms with E-state index >= 15 is 0 Å². The van der Waals surface area contributed by atoms with Crippen molar-refractivity contribution in [1.82, 2.24) is 40.2 Å². The van der Waals surface area contributed by atoms with E-state index in [0.717, 1.165) is 16.8 Å². The standard InChI is InChI=1S/C23H26ClN9O2/c1-13-14(8-9-25-19(34)20-31-21(32-35-20)23(2,3)4)6-7-16(17(13)24)18-26-12-27-22(30-18)29-15-10-28-33(5)11-15/h6-7,10-12H,8-9H2,1-5H3,(H,25,34)(H,26,27,29,30). The van der Waals surface area contributed by atoms with Crippen molar-refractivity contribution < 1.29 is 9.32 Å². The van der Waals surface area contributed by atoms with Gasteiger partial charge in [-0.2, -0.15) is 15.1 Å². The zero-order valence-electron chi connectivity index (χ0n) is 20.1. The third-order valence-corrected chi connectivity index (χ3v) is 5.73. The topological polar surface area (TPSA) is 137 Å². The van der Waals surface area contributed by atoms with Gasteiger partial charge in [-0.15, -0.1) is 0 Å². The average molecular weight is 496 g/mol. The lowest BCUT2D eigenvalue weighted by molar-refractivity contribution is 0.0910. The van der Waals surface area contributed by atoms with Crippen molar-refractivity contribution in [2.45, 2.75) is 39.5 Å². The molecule has 3 aromatic heterocycles. The summed E-state index contributed by atoms with van der Waals surface area (Å²) in [6.07, 6.45) is 5.49. The highest BCUT2D eigenvalue weighted by Crippen LogP contribution is 2.31. The number of anilines is 2. The highest BCUT2D eigenvalue weighted by atomic mass is 35.5. The molecule has 0 bridgehead atoms. The second kappa shape index (κ2) is 9.79. The monoisotopic (exact) mass is 495 g/mol. The number of amides is 1. The van der Waals surface area contributed by atoms with Crippen LogP contribution in [0.5, 0.6) is 0 Å². The van der Waals surface area contributed by atoms with Crippen LogP contribution in [0.2, 0.25) is 5.02 Å². The number of carbonyl (C=O) groups excluding carboxylic acids is 1. The molecule has 0 saturated heterocycles. The normalized spacial score (nSPS) is 11.5. The summed E-state index contributed by atoms with van der Waals surface area (Å²) in [7, 11) is 1.83. The van der Waals surface area contributed by atoms with Crippen molar-refractivity contribution in [3.8, 4) is 11.4 Å². The number of carbonyl (C=O) groups is 1. The van der Waals surface area contributed by atoms with Gasteiger partial charge in [-0.1, -0.05) is 43.6 Å². The van der Waals surface area contributed by atoms with Crippen molar-refractivity contribution in [1.29, 1.82) is 0 Å². The van der Waals surface area contributed by atoms with Crippen LogP contribution in [0, 0.1) is 6.92 Å². The first kappa shape index (κ1) is 24.3. The van der Waals surface area contributed by atoms with E-state index in [1.165, 1.54) is 6.33 Å². The Labute approximate surface area is 207 Å². The number of aromatic nitrogens is 7. The van der Waals surface area contributed by atoms with E-state index in [2.05, 4.69) is 40.8 Å². The average Bonchev–Trinajstić information content (AvgIpc) is 3.46. The van der Waals surface area contributed by atoms with Crippen molar-refractivity contribution in [2.24, 2.45) is 7.05 Å². The highest BCUT2D eigenvalue weighted by Gasteiger charge is 2.23. The van der Waals surface area contributed by atoms with Crippen LogP contribution < -0.4 is 10.6 Å². The minimum absolute atomic E-state index is 0.0504. The first-order valence-electron chi connectivity index (χ1n) is 11.0. The Bertz CT molecular complexity index is 1360. The Hall–Kier alpha value is -3.86. The molecule has 35 heavy (non-hydrogen) atoms. The predicted molar refractivity (Wildman–Crippen MR) is 131 cm³/mol. The lowest BCUT2D eigenvalue weighted by atomic mass is 9.96. The molecule has 1 aromatic carbocycles. The maximum absolute atomic E-state index is 12.4. The summed E-state index contributed by atoms with van der Waals surface area (Å²) in [6.45, 7) is 8.15. The number of halogens is 1. The second-order valence-electron chi connectivity index (χ2n) is 9.05. The summed E-state index contributed by atoms with van der Waals surface area (Å²) in [5, 5.41) is 14.4. The van der Waals surface area contributed by atoms with E-state index in [0.29, 0.717) is 41.1 Å². The maximum Gasteiger partial charge on any atom is 0.315 e. The zero-order chi connectivity index (χ0) is 25.2. The first-order chi connectivity index (χ1) is 16.6. The smallest absolute Gasteiger partial charge is 0.315 e. The Morgan fingerprint density at radius 2 is 2.00 bits per heavy atom. The van der Waals surface area contributed by atoms with Gasteiger partial charge in [-0.25, -0.2) is 9.97 Å². The summed E-state index contributed by atoms with van der Waals surface area (Å²) >= 11 is 6.68. The summed E-state index contributed by atoms with van der Waals surface area (Å²) in [5.41, 5.74) is 3.02. The number of nitrogens with zero attached hydrogens (tertiary/aromatic N) is 7. The molecule has 4 aromatic rings. The van der Waals surface area contributed by atoms with Crippen LogP contribution in [0.15, 0.2) is 35.4 Å². The predicted octanol–water partition coefficient (Wildman–Crippen LogP) is 3.63. The third-order valence-electron chi connectivity index (χ3n) is 5.24. The fourth-order valence-electron chi connectivity index (χ4n) is 3.28. The largest absolute Gasteiger partial charge is 0.347 e. The van der Waals surface area contributed by atoms with Gasteiger partial charge >= 0.3 is 11.8 Å². The van der Waals surface area contributed by atoms with Crippen molar-refractivity contribution >= 4 is 29.1 Å². The van der Waals surface area contributed by atoms with Crippen LogP contribution in [-0.2, 0) is 18.9 Å². The summed E-state index contributed by atoms with van der Waals surface area (Å²) in [5.74, 6) is 0.861. The molecular weight excluding hydrogens is 470 g/mol. The Morgan fingerprint density at radius 3 is 2.69 bits per heavy atom. The van der Waals surface area contributed by atoms with Gasteiger partial charge in [0.15, 0.2) is 11.6 Å². The van der Waals surface area contributed by atoms with Gasteiger partial charge in [0.25, 0.3) is 0 Å².